The Morgan fingerprint density at radius 1 is 1.39 bits per heavy atom. The Bertz CT molecular complexity index is 516. The number of carbonyl (C=O) groups excluding carboxylic acids is 1. The number of methoxy groups -OCH3 is 1. The lowest BCUT2D eigenvalue weighted by Gasteiger charge is -2.16. The molecule has 2 rings (SSSR count). The number of amides is 1. The number of anilines is 1. The third-order valence-electron chi connectivity index (χ3n) is 3.99. The van der Waals surface area contributed by atoms with Crippen molar-refractivity contribution in [1.82, 2.24) is 4.90 Å². The minimum atomic E-state index is -0.670. The molecule has 6 nitrogen and oxygen atoms in total. The fourth-order valence-corrected chi connectivity index (χ4v) is 2.67. The van der Waals surface area contributed by atoms with E-state index in [0.717, 1.165) is 17.9 Å². The number of nitrogens with zero attached hydrogens (tertiary/aromatic N) is 1. The van der Waals surface area contributed by atoms with Crippen molar-refractivity contribution in [3.05, 3.63) is 23.8 Å². The van der Waals surface area contributed by atoms with Crippen LogP contribution in [0.2, 0.25) is 0 Å². The summed E-state index contributed by atoms with van der Waals surface area (Å²) in [5.74, 6) is 0.595. The maximum atomic E-state index is 11.9. The maximum absolute atomic E-state index is 11.9. The van der Waals surface area contributed by atoms with Gasteiger partial charge >= 0.3 is 0 Å². The van der Waals surface area contributed by atoms with Gasteiger partial charge in [-0.05, 0) is 56.6 Å². The molecule has 1 aromatic carbocycles. The molecule has 23 heavy (non-hydrogen) atoms. The molecule has 0 aliphatic carbocycles. The summed E-state index contributed by atoms with van der Waals surface area (Å²) < 4.78 is 10.7. The van der Waals surface area contributed by atoms with Gasteiger partial charge < -0.3 is 20.5 Å². The molecule has 1 unspecified atom stereocenters. The lowest BCUT2D eigenvalue weighted by atomic mass is 10.2. The van der Waals surface area contributed by atoms with E-state index < -0.39 is 6.04 Å². The van der Waals surface area contributed by atoms with Gasteiger partial charge in [0.1, 0.15) is 18.4 Å². The van der Waals surface area contributed by atoms with Gasteiger partial charge in [-0.25, -0.2) is 0 Å². The molecule has 1 fully saturated rings. The van der Waals surface area contributed by atoms with Gasteiger partial charge in [0.25, 0.3) is 0 Å². The van der Waals surface area contributed by atoms with Gasteiger partial charge in [-0.1, -0.05) is 0 Å². The molecular formula is C17H27N3O3. The van der Waals surface area contributed by atoms with Crippen LogP contribution in [0.4, 0.5) is 5.69 Å². The zero-order valence-electron chi connectivity index (χ0n) is 14.0. The van der Waals surface area contributed by atoms with Crippen LogP contribution < -0.4 is 15.8 Å². The summed E-state index contributed by atoms with van der Waals surface area (Å²) in [6, 6.07) is 4.94. The second-order valence-corrected chi connectivity index (χ2v) is 5.93. The predicted molar refractivity (Wildman–Crippen MR) is 90.8 cm³/mol. The molecule has 0 saturated carbocycles. The van der Waals surface area contributed by atoms with Gasteiger partial charge in [0, 0.05) is 19.3 Å². The SMILES string of the molecule is COCC(N)C(=O)Nc1ccc(OCCN2CCCC2)c(C)c1. The van der Waals surface area contributed by atoms with Crippen LogP contribution in [0.3, 0.4) is 0 Å². The third kappa shape index (κ3) is 5.49. The summed E-state index contributed by atoms with van der Waals surface area (Å²) in [7, 11) is 1.52. The normalized spacial score (nSPS) is 16.3. The van der Waals surface area contributed by atoms with E-state index in [1.165, 1.54) is 33.0 Å². The molecule has 1 atom stereocenters. The molecule has 0 spiro atoms. The fourth-order valence-electron chi connectivity index (χ4n) is 2.67. The molecule has 1 amide bonds. The zero-order chi connectivity index (χ0) is 16.7. The van der Waals surface area contributed by atoms with Crippen molar-refractivity contribution in [1.29, 1.82) is 0 Å². The number of rotatable bonds is 8. The number of benzene rings is 1. The first-order chi connectivity index (χ1) is 11.1. The number of hydrogen-bond acceptors (Lipinski definition) is 5. The highest BCUT2D eigenvalue weighted by Gasteiger charge is 2.14. The summed E-state index contributed by atoms with van der Waals surface area (Å²) in [4.78, 5) is 14.3. The summed E-state index contributed by atoms with van der Waals surface area (Å²) in [6.45, 7) is 6.16. The Labute approximate surface area is 137 Å². The molecule has 6 heteroatoms. The number of nitrogens with two attached hydrogens (primary N) is 1. The van der Waals surface area contributed by atoms with Crippen molar-refractivity contribution in [2.75, 3.05) is 45.3 Å². The van der Waals surface area contributed by atoms with E-state index in [1.807, 2.05) is 25.1 Å². The molecule has 3 N–H and O–H groups in total. The Morgan fingerprint density at radius 2 is 2.13 bits per heavy atom. The predicted octanol–water partition coefficient (Wildman–Crippen LogP) is 1.38. The van der Waals surface area contributed by atoms with E-state index in [1.54, 1.807) is 0 Å². The highest BCUT2D eigenvalue weighted by Crippen LogP contribution is 2.22. The number of aryl methyl sites for hydroxylation is 1. The summed E-state index contributed by atoms with van der Waals surface area (Å²) in [5.41, 5.74) is 7.41. The van der Waals surface area contributed by atoms with E-state index in [0.29, 0.717) is 12.3 Å². The number of likely N-dealkylation sites (tertiary alicyclic amines) is 1. The quantitative estimate of drug-likeness (QED) is 0.756. The van der Waals surface area contributed by atoms with Crippen molar-refractivity contribution in [3.63, 3.8) is 0 Å². The average molecular weight is 321 g/mol. The first kappa shape index (κ1) is 17.7. The molecular weight excluding hydrogens is 294 g/mol. The minimum absolute atomic E-state index is 0.197. The summed E-state index contributed by atoms with van der Waals surface area (Å²) >= 11 is 0. The van der Waals surface area contributed by atoms with E-state index in [9.17, 15) is 4.79 Å². The van der Waals surface area contributed by atoms with Crippen LogP contribution in [-0.4, -0.2) is 56.8 Å². The Kier molecular flexibility index (Phi) is 6.83. The summed E-state index contributed by atoms with van der Waals surface area (Å²) in [6.07, 6.45) is 2.58. The van der Waals surface area contributed by atoms with Crippen LogP contribution in [0.15, 0.2) is 18.2 Å². The Morgan fingerprint density at radius 3 is 2.78 bits per heavy atom. The highest BCUT2D eigenvalue weighted by molar-refractivity contribution is 5.94. The standard InChI is InChI=1S/C17H27N3O3/c1-13-11-14(19-17(21)15(18)12-22-2)5-6-16(13)23-10-9-20-7-3-4-8-20/h5-6,11,15H,3-4,7-10,12,18H2,1-2H3,(H,19,21). The monoisotopic (exact) mass is 321 g/mol. The highest BCUT2D eigenvalue weighted by atomic mass is 16.5. The van der Waals surface area contributed by atoms with E-state index in [4.69, 9.17) is 15.2 Å². The number of ether oxygens (including phenoxy) is 2. The minimum Gasteiger partial charge on any atom is -0.492 e. The molecule has 1 heterocycles. The van der Waals surface area contributed by atoms with Gasteiger partial charge in [0.05, 0.1) is 6.61 Å². The van der Waals surface area contributed by atoms with Crippen LogP contribution in [0, 0.1) is 6.92 Å². The van der Waals surface area contributed by atoms with Gasteiger partial charge in [-0.2, -0.15) is 0 Å². The number of nitrogens with one attached hydrogen (secondary N) is 1. The molecule has 128 valence electrons. The van der Waals surface area contributed by atoms with Crippen molar-refractivity contribution in [2.24, 2.45) is 5.73 Å². The largest absolute Gasteiger partial charge is 0.492 e. The second-order valence-electron chi connectivity index (χ2n) is 5.93. The first-order valence-electron chi connectivity index (χ1n) is 8.11. The lowest BCUT2D eigenvalue weighted by molar-refractivity contribution is -0.118. The van der Waals surface area contributed by atoms with Crippen molar-refractivity contribution < 1.29 is 14.3 Å². The number of carbonyl (C=O) groups is 1. The lowest BCUT2D eigenvalue weighted by Crippen LogP contribution is -2.39. The zero-order valence-corrected chi connectivity index (χ0v) is 14.0. The smallest absolute Gasteiger partial charge is 0.243 e. The van der Waals surface area contributed by atoms with E-state index in [-0.39, 0.29) is 12.5 Å². The van der Waals surface area contributed by atoms with E-state index in [2.05, 4.69) is 10.2 Å². The maximum Gasteiger partial charge on any atom is 0.243 e. The van der Waals surface area contributed by atoms with Crippen LogP contribution in [0.5, 0.6) is 5.75 Å². The van der Waals surface area contributed by atoms with Gasteiger partial charge in [-0.15, -0.1) is 0 Å². The Balaban J connectivity index is 1.83. The molecule has 0 bridgehead atoms. The van der Waals surface area contributed by atoms with E-state index >= 15 is 0 Å². The van der Waals surface area contributed by atoms with Crippen LogP contribution >= 0.6 is 0 Å². The topological polar surface area (TPSA) is 76.8 Å². The molecule has 0 radical (unpaired) electrons. The molecule has 1 aromatic rings. The fraction of sp³-hybridized carbons (Fsp3) is 0.588. The van der Waals surface area contributed by atoms with Crippen molar-refractivity contribution >= 4 is 11.6 Å². The van der Waals surface area contributed by atoms with Crippen molar-refractivity contribution in [3.8, 4) is 5.75 Å². The molecule has 1 saturated heterocycles. The molecule has 0 aromatic heterocycles. The number of hydrogen-bond donors (Lipinski definition) is 2. The average Bonchev–Trinajstić information content (AvgIpc) is 3.03. The van der Waals surface area contributed by atoms with Crippen LogP contribution in [-0.2, 0) is 9.53 Å². The molecule has 1 aliphatic rings. The second kappa shape index (κ2) is 8.86. The van der Waals surface area contributed by atoms with Gasteiger partial charge in [0.15, 0.2) is 0 Å². The third-order valence-corrected chi connectivity index (χ3v) is 3.99. The van der Waals surface area contributed by atoms with Gasteiger partial charge in [0.2, 0.25) is 5.91 Å². The van der Waals surface area contributed by atoms with Crippen molar-refractivity contribution in [2.45, 2.75) is 25.8 Å². The van der Waals surface area contributed by atoms with Crippen LogP contribution in [0.1, 0.15) is 18.4 Å². The Hall–Kier alpha value is -1.63. The van der Waals surface area contributed by atoms with Crippen LogP contribution in [0.25, 0.3) is 0 Å². The summed E-state index contributed by atoms with van der Waals surface area (Å²) in [5, 5.41) is 2.79. The first-order valence-corrected chi connectivity index (χ1v) is 8.11. The molecule has 1 aliphatic heterocycles. The van der Waals surface area contributed by atoms with Gasteiger partial charge in [-0.3, -0.25) is 9.69 Å².